The highest BCUT2D eigenvalue weighted by Gasteiger charge is 2.36. The number of amides is 1. The molecule has 9 nitrogen and oxygen atoms in total. The predicted octanol–water partition coefficient (Wildman–Crippen LogP) is 2.73. The van der Waals surface area contributed by atoms with Crippen LogP contribution in [-0.2, 0) is 9.59 Å². The number of carboxylic acid groups (broad SMARTS) is 2. The van der Waals surface area contributed by atoms with Crippen LogP contribution in [0.3, 0.4) is 0 Å². The lowest BCUT2D eigenvalue weighted by Crippen LogP contribution is -2.57. The van der Waals surface area contributed by atoms with E-state index >= 15 is 0 Å². The molecule has 1 aromatic carbocycles. The van der Waals surface area contributed by atoms with E-state index in [0.717, 1.165) is 38.4 Å². The lowest BCUT2D eigenvalue weighted by Gasteiger charge is -2.45. The van der Waals surface area contributed by atoms with E-state index in [-0.39, 0.29) is 11.9 Å². The third-order valence-electron chi connectivity index (χ3n) is 6.15. The van der Waals surface area contributed by atoms with Gasteiger partial charge in [-0.3, -0.25) is 4.79 Å². The molecule has 4 heterocycles. The molecule has 10 heteroatoms. The summed E-state index contributed by atoms with van der Waals surface area (Å²) in [5.74, 6) is -0.768. The summed E-state index contributed by atoms with van der Waals surface area (Å²) in [6.07, 6.45) is 3.47. The van der Waals surface area contributed by atoms with Crippen molar-refractivity contribution in [3.63, 3.8) is 0 Å². The van der Waals surface area contributed by atoms with Crippen LogP contribution in [0.5, 0.6) is 5.75 Å². The molecule has 3 saturated heterocycles. The number of carboxylic acids is 2. The summed E-state index contributed by atoms with van der Waals surface area (Å²) in [5.41, 5.74) is 1.51. The fourth-order valence-electron chi connectivity index (χ4n) is 4.66. The number of hydrogen-bond acceptors (Lipinski definition) is 6. The van der Waals surface area contributed by atoms with Gasteiger partial charge in [-0.2, -0.15) is 0 Å². The second kappa shape index (κ2) is 11.6. The predicted molar refractivity (Wildman–Crippen MR) is 129 cm³/mol. The van der Waals surface area contributed by atoms with Gasteiger partial charge in [0.05, 0.1) is 17.8 Å². The van der Waals surface area contributed by atoms with Crippen molar-refractivity contribution in [2.24, 2.45) is 11.8 Å². The molecule has 1 amide bonds. The molecule has 2 bridgehead atoms. The Bertz CT molecular complexity index is 927. The first-order valence-electron chi connectivity index (χ1n) is 11.5. The molecule has 0 aromatic heterocycles. The summed E-state index contributed by atoms with van der Waals surface area (Å²) in [4.78, 5) is 36.9. The van der Waals surface area contributed by atoms with Gasteiger partial charge in [0.15, 0.2) is 5.75 Å². The molecule has 1 aromatic rings. The Labute approximate surface area is 204 Å². The highest BCUT2D eigenvalue weighted by atomic mass is 35.5. The van der Waals surface area contributed by atoms with Crippen molar-refractivity contribution in [2.75, 3.05) is 44.2 Å². The number of aliphatic carboxylic acids is 2. The van der Waals surface area contributed by atoms with Crippen molar-refractivity contribution < 1.29 is 29.3 Å². The van der Waals surface area contributed by atoms with E-state index in [9.17, 15) is 14.4 Å². The second-order valence-electron chi connectivity index (χ2n) is 9.22. The average Bonchev–Trinajstić information content (AvgIpc) is 2.78. The zero-order valence-corrected chi connectivity index (χ0v) is 20.3. The number of benzene rings is 1. The highest BCUT2D eigenvalue weighted by Crippen LogP contribution is 2.38. The number of piperidine rings is 3. The lowest BCUT2D eigenvalue weighted by atomic mass is 9.84. The van der Waals surface area contributed by atoms with E-state index in [1.54, 1.807) is 6.07 Å². The molecule has 3 N–H and O–H groups in total. The van der Waals surface area contributed by atoms with E-state index in [1.807, 2.05) is 6.07 Å². The summed E-state index contributed by atoms with van der Waals surface area (Å²) in [7, 11) is 0. The Kier molecular flexibility index (Phi) is 8.79. The number of rotatable bonds is 6. The maximum atomic E-state index is 13.1. The topological polar surface area (TPSA) is 119 Å². The largest absolute Gasteiger partial charge is 0.489 e. The van der Waals surface area contributed by atoms with Gasteiger partial charge in [-0.15, -0.1) is 0 Å². The third-order valence-corrected chi connectivity index (χ3v) is 6.37. The van der Waals surface area contributed by atoms with Crippen molar-refractivity contribution in [2.45, 2.75) is 32.7 Å². The number of nitrogens with one attached hydrogen (secondary N) is 1. The van der Waals surface area contributed by atoms with Crippen molar-refractivity contribution in [1.29, 1.82) is 0 Å². The van der Waals surface area contributed by atoms with Gasteiger partial charge in [-0.25, -0.2) is 9.59 Å². The molecule has 186 valence electrons. The fraction of sp³-hybridized carbons (Fsp3) is 0.542. The standard InChI is InChI=1S/C20H28ClN3O2.C4H4O4/c1-13(2)11-24-7-8-26-19-16(9-15(21)10-18(19)24)20(25)22-17-12-23-5-3-14(17)4-6-23;5-3(6)1-2-4(7)8/h9-10,13-14,17H,3-8,11-12H2,1-2H3,(H,22,25);1-2H,(H,5,6)(H,7,8)/b;2-1+. The van der Waals surface area contributed by atoms with Crippen LogP contribution in [0.2, 0.25) is 5.02 Å². The van der Waals surface area contributed by atoms with Crippen LogP contribution < -0.4 is 15.0 Å². The van der Waals surface area contributed by atoms with Crippen LogP contribution in [0.1, 0.15) is 37.0 Å². The van der Waals surface area contributed by atoms with Crippen LogP contribution in [0.25, 0.3) is 0 Å². The number of fused-ring (bicyclic) bond motifs is 4. The van der Waals surface area contributed by atoms with E-state index in [2.05, 4.69) is 29.0 Å². The van der Waals surface area contributed by atoms with Gasteiger partial charge in [-0.1, -0.05) is 25.4 Å². The SMILES string of the molecule is CC(C)CN1CCOc2c(C(=O)NC3CN4CCC3CC4)cc(Cl)cc21.O=C(O)/C=C/C(=O)O. The van der Waals surface area contributed by atoms with Crippen molar-refractivity contribution >= 4 is 35.1 Å². The normalized spacial score (nSPS) is 23.1. The van der Waals surface area contributed by atoms with Gasteiger partial charge in [-0.05, 0) is 49.9 Å². The van der Waals surface area contributed by atoms with E-state index in [1.165, 1.54) is 12.8 Å². The summed E-state index contributed by atoms with van der Waals surface area (Å²) in [6, 6.07) is 3.90. The van der Waals surface area contributed by atoms with Crippen LogP contribution in [0.4, 0.5) is 5.69 Å². The van der Waals surface area contributed by atoms with Gasteiger partial charge in [0, 0.05) is 36.3 Å². The Morgan fingerprint density at radius 2 is 1.79 bits per heavy atom. The number of carbonyl (C=O) groups is 3. The molecular formula is C24H32ClN3O6. The maximum Gasteiger partial charge on any atom is 0.328 e. The van der Waals surface area contributed by atoms with Crippen molar-refractivity contribution in [3.05, 3.63) is 34.9 Å². The molecule has 4 aliphatic rings. The molecule has 1 unspecified atom stereocenters. The first-order chi connectivity index (χ1) is 16.1. The summed E-state index contributed by atoms with van der Waals surface area (Å²) >= 11 is 6.36. The molecule has 4 aliphatic heterocycles. The molecule has 0 aliphatic carbocycles. The Morgan fingerprint density at radius 3 is 2.32 bits per heavy atom. The summed E-state index contributed by atoms with van der Waals surface area (Å²) in [5, 5.41) is 19.5. The fourth-order valence-corrected chi connectivity index (χ4v) is 4.87. The van der Waals surface area contributed by atoms with E-state index < -0.39 is 11.9 Å². The van der Waals surface area contributed by atoms with E-state index in [0.29, 0.717) is 46.9 Å². The molecule has 34 heavy (non-hydrogen) atoms. The number of halogens is 1. The monoisotopic (exact) mass is 493 g/mol. The average molecular weight is 494 g/mol. The number of anilines is 1. The molecule has 1 atom stereocenters. The summed E-state index contributed by atoms with van der Waals surface area (Å²) in [6.45, 7) is 10.0. The molecule has 5 rings (SSSR count). The molecular weight excluding hydrogens is 462 g/mol. The number of nitrogens with zero attached hydrogens (tertiary/aromatic N) is 2. The van der Waals surface area contributed by atoms with Gasteiger partial charge >= 0.3 is 11.9 Å². The van der Waals surface area contributed by atoms with Gasteiger partial charge in [0.25, 0.3) is 5.91 Å². The zero-order chi connectivity index (χ0) is 24.8. The van der Waals surface area contributed by atoms with Crippen LogP contribution in [0.15, 0.2) is 24.3 Å². The molecule has 3 fully saturated rings. The minimum Gasteiger partial charge on any atom is -0.489 e. The number of hydrogen-bond donors (Lipinski definition) is 3. The van der Waals surface area contributed by atoms with Gasteiger partial charge in [0.2, 0.25) is 0 Å². The highest BCUT2D eigenvalue weighted by molar-refractivity contribution is 6.31. The Balaban J connectivity index is 0.000000350. The summed E-state index contributed by atoms with van der Waals surface area (Å²) < 4.78 is 5.92. The van der Waals surface area contributed by atoms with E-state index in [4.69, 9.17) is 26.6 Å². The molecule has 0 saturated carbocycles. The Morgan fingerprint density at radius 1 is 1.15 bits per heavy atom. The third kappa shape index (κ3) is 6.87. The van der Waals surface area contributed by atoms with Crippen molar-refractivity contribution in [3.8, 4) is 5.75 Å². The van der Waals surface area contributed by atoms with Crippen molar-refractivity contribution in [1.82, 2.24) is 10.2 Å². The van der Waals surface area contributed by atoms with Gasteiger partial charge < -0.3 is 30.1 Å². The zero-order valence-electron chi connectivity index (χ0n) is 19.5. The molecule has 0 spiro atoms. The second-order valence-corrected chi connectivity index (χ2v) is 9.65. The smallest absolute Gasteiger partial charge is 0.328 e. The van der Waals surface area contributed by atoms with Crippen LogP contribution in [0, 0.1) is 11.8 Å². The first kappa shape index (κ1) is 25.8. The maximum absolute atomic E-state index is 13.1. The molecule has 0 radical (unpaired) electrons. The lowest BCUT2D eigenvalue weighted by molar-refractivity contribution is -0.134. The first-order valence-corrected chi connectivity index (χ1v) is 11.9. The minimum absolute atomic E-state index is 0.0612. The number of carbonyl (C=O) groups excluding carboxylic acids is 1. The quantitative estimate of drug-likeness (QED) is 0.517. The van der Waals surface area contributed by atoms with Crippen LogP contribution >= 0.6 is 11.6 Å². The number of ether oxygens (including phenoxy) is 1. The van der Waals surface area contributed by atoms with Gasteiger partial charge in [0.1, 0.15) is 6.61 Å². The Hall–Kier alpha value is -2.78. The van der Waals surface area contributed by atoms with Crippen LogP contribution in [-0.4, -0.2) is 78.3 Å². The minimum atomic E-state index is -1.26.